The van der Waals surface area contributed by atoms with Crippen molar-refractivity contribution in [1.29, 1.82) is 0 Å². The Balaban J connectivity index is 2.26. The third-order valence-electron chi connectivity index (χ3n) is 2.71. The number of hydrogen-bond acceptors (Lipinski definition) is 2. The normalized spacial score (nSPS) is 10.3. The minimum Gasteiger partial charge on any atom is -0.397 e. The SMILES string of the molecule is Cc1cc(NC(=O)c2cccc(Cl)c2N)ccc1F. The highest BCUT2D eigenvalue weighted by Gasteiger charge is 2.12. The van der Waals surface area contributed by atoms with Crippen LogP contribution < -0.4 is 11.1 Å². The van der Waals surface area contributed by atoms with E-state index in [0.29, 0.717) is 16.3 Å². The number of hydrogen-bond donors (Lipinski definition) is 2. The van der Waals surface area contributed by atoms with Gasteiger partial charge in [-0.15, -0.1) is 0 Å². The van der Waals surface area contributed by atoms with Gasteiger partial charge in [0.2, 0.25) is 0 Å². The molecular weight excluding hydrogens is 267 g/mol. The van der Waals surface area contributed by atoms with Gasteiger partial charge in [0.25, 0.3) is 5.91 Å². The molecule has 0 bridgehead atoms. The molecule has 2 rings (SSSR count). The van der Waals surface area contributed by atoms with E-state index < -0.39 is 0 Å². The number of rotatable bonds is 2. The number of nitrogens with one attached hydrogen (secondary N) is 1. The topological polar surface area (TPSA) is 55.1 Å². The summed E-state index contributed by atoms with van der Waals surface area (Å²) in [5, 5.41) is 2.97. The second-order valence-electron chi connectivity index (χ2n) is 4.12. The lowest BCUT2D eigenvalue weighted by Gasteiger charge is -2.09. The van der Waals surface area contributed by atoms with E-state index in [0.717, 1.165) is 0 Å². The van der Waals surface area contributed by atoms with E-state index in [1.807, 2.05) is 0 Å². The van der Waals surface area contributed by atoms with Crippen LogP contribution in [0.3, 0.4) is 0 Å². The largest absolute Gasteiger partial charge is 0.397 e. The first-order chi connectivity index (χ1) is 8.99. The highest BCUT2D eigenvalue weighted by molar-refractivity contribution is 6.34. The molecule has 3 N–H and O–H groups in total. The zero-order valence-corrected chi connectivity index (χ0v) is 11.0. The Labute approximate surface area is 115 Å². The molecule has 2 aromatic rings. The first-order valence-corrected chi connectivity index (χ1v) is 5.98. The smallest absolute Gasteiger partial charge is 0.257 e. The van der Waals surface area contributed by atoms with Crippen molar-refractivity contribution in [3.05, 3.63) is 58.4 Å². The van der Waals surface area contributed by atoms with Crippen molar-refractivity contribution >= 4 is 28.9 Å². The number of amides is 1. The van der Waals surface area contributed by atoms with Gasteiger partial charge in [0.05, 0.1) is 16.3 Å². The molecule has 0 radical (unpaired) electrons. The monoisotopic (exact) mass is 278 g/mol. The number of nitrogen functional groups attached to an aromatic ring is 1. The van der Waals surface area contributed by atoms with Crippen molar-refractivity contribution in [3.8, 4) is 0 Å². The number of anilines is 2. The Hall–Kier alpha value is -2.07. The van der Waals surface area contributed by atoms with E-state index in [4.69, 9.17) is 17.3 Å². The molecular formula is C14H12ClFN2O. The maximum Gasteiger partial charge on any atom is 0.257 e. The van der Waals surface area contributed by atoms with Gasteiger partial charge in [-0.05, 0) is 42.8 Å². The minimum absolute atomic E-state index is 0.223. The zero-order valence-electron chi connectivity index (χ0n) is 10.2. The Bertz CT molecular complexity index is 643. The fourth-order valence-electron chi connectivity index (χ4n) is 1.66. The number of carbonyl (C=O) groups excluding carboxylic acids is 1. The van der Waals surface area contributed by atoms with Crippen LogP contribution in [0.15, 0.2) is 36.4 Å². The number of aryl methyl sites for hydroxylation is 1. The van der Waals surface area contributed by atoms with Crippen molar-refractivity contribution in [2.45, 2.75) is 6.92 Å². The van der Waals surface area contributed by atoms with Crippen LogP contribution >= 0.6 is 11.6 Å². The molecule has 0 aliphatic carbocycles. The first-order valence-electron chi connectivity index (χ1n) is 5.60. The summed E-state index contributed by atoms with van der Waals surface area (Å²) < 4.78 is 13.1. The molecule has 0 atom stereocenters. The molecule has 0 unspecified atom stereocenters. The fraction of sp³-hybridized carbons (Fsp3) is 0.0714. The van der Waals surface area contributed by atoms with Gasteiger partial charge in [0.1, 0.15) is 5.82 Å². The van der Waals surface area contributed by atoms with E-state index in [1.54, 1.807) is 31.2 Å². The average Bonchev–Trinajstić information content (AvgIpc) is 2.37. The summed E-state index contributed by atoms with van der Waals surface area (Å²) in [7, 11) is 0. The van der Waals surface area contributed by atoms with E-state index in [9.17, 15) is 9.18 Å². The Morgan fingerprint density at radius 3 is 2.74 bits per heavy atom. The summed E-state index contributed by atoms with van der Waals surface area (Å²) in [6.45, 7) is 1.62. The standard InChI is InChI=1S/C14H12ClFN2O/c1-8-7-9(5-6-12(8)16)18-14(19)10-3-2-4-11(15)13(10)17/h2-7H,17H2,1H3,(H,18,19). The number of carbonyl (C=O) groups is 1. The van der Waals surface area contributed by atoms with Crippen molar-refractivity contribution in [2.75, 3.05) is 11.1 Å². The third-order valence-corrected chi connectivity index (χ3v) is 3.04. The lowest BCUT2D eigenvalue weighted by Crippen LogP contribution is -2.14. The van der Waals surface area contributed by atoms with Crippen LogP contribution in [0.5, 0.6) is 0 Å². The molecule has 1 amide bonds. The Morgan fingerprint density at radius 2 is 2.05 bits per heavy atom. The second kappa shape index (κ2) is 5.28. The van der Waals surface area contributed by atoms with Gasteiger partial charge in [-0.1, -0.05) is 17.7 Å². The van der Waals surface area contributed by atoms with Gasteiger partial charge in [0.15, 0.2) is 0 Å². The van der Waals surface area contributed by atoms with Crippen LogP contribution in [-0.2, 0) is 0 Å². The van der Waals surface area contributed by atoms with Crippen LogP contribution in [0.1, 0.15) is 15.9 Å². The van der Waals surface area contributed by atoms with Gasteiger partial charge in [-0.25, -0.2) is 4.39 Å². The maximum absolute atomic E-state index is 13.1. The molecule has 98 valence electrons. The predicted molar refractivity (Wildman–Crippen MR) is 75.0 cm³/mol. The molecule has 3 nitrogen and oxygen atoms in total. The van der Waals surface area contributed by atoms with E-state index in [1.165, 1.54) is 12.1 Å². The minimum atomic E-state index is -0.383. The van der Waals surface area contributed by atoms with Gasteiger partial charge < -0.3 is 11.1 Å². The molecule has 2 aromatic carbocycles. The van der Waals surface area contributed by atoms with Crippen LogP contribution in [0, 0.1) is 12.7 Å². The molecule has 5 heteroatoms. The van der Waals surface area contributed by atoms with Crippen molar-refractivity contribution in [1.82, 2.24) is 0 Å². The fourth-order valence-corrected chi connectivity index (χ4v) is 1.83. The molecule has 0 fully saturated rings. The van der Waals surface area contributed by atoms with Crippen molar-refractivity contribution in [2.24, 2.45) is 0 Å². The van der Waals surface area contributed by atoms with E-state index in [-0.39, 0.29) is 23.0 Å². The number of benzene rings is 2. The lowest BCUT2D eigenvalue weighted by atomic mass is 10.1. The van der Waals surface area contributed by atoms with Crippen LogP contribution in [0.4, 0.5) is 15.8 Å². The highest BCUT2D eigenvalue weighted by atomic mass is 35.5. The van der Waals surface area contributed by atoms with Crippen LogP contribution in [0.2, 0.25) is 5.02 Å². The van der Waals surface area contributed by atoms with E-state index in [2.05, 4.69) is 5.32 Å². The summed E-state index contributed by atoms with van der Waals surface area (Å²) in [6.07, 6.45) is 0. The molecule has 0 aliphatic heterocycles. The van der Waals surface area contributed by atoms with E-state index >= 15 is 0 Å². The zero-order chi connectivity index (χ0) is 14.0. The summed E-state index contributed by atoms with van der Waals surface area (Å²) >= 11 is 5.85. The Morgan fingerprint density at radius 1 is 1.32 bits per heavy atom. The maximum atomic E-state index is 13.1. The van der Waals surface area contributed by atoms with Crippen molar-refractivity contribution < 1.29 is 9.18 Å². The van der Waals surface area contributed by atoms with Crippen LogP contribution in [-0.4, -0.2) is 5.91 Å². The molecule has 0 heterocycles. The number of nitrogens with two attached hydrogens (primary N) is 1. The summed E-state index contributed by atoms with van der Waals surface area (Å²) in [6, 6.07) is 9.16. The van der Waals surface area contributed by atoms with Gasteiger partial charge in [-0.3, -0.25) is 4.79 Å². The lowest BCUT2D eigenvalue weighted by molar-refractivity contribution is 0.102. The van der Waals surface area contributed by atoms with Gasteiger partial charge in [0, 0.05) is 5.69 Å². The third kappa shape index (κ3) is 2.85. The highest BCUT2D eigenvalue weighted by Crippen LogP contribution is 2.23. The molecule has 0 spiro atoms. The predicted octanol–water partition coefficient (Wildman–Crippen LogP) is 3.62. The van der Waals surface area contributed by atoms with Gasteiger partial charge in [-0.2, -0.15) is 0 Å². The summed E-state index contributed by atoms with van der Waals surface area (Å²) in [4.78, 5) is 12.0. The van der Waals surface area contributed by atoms with Crippen molar-refractivity contribution in [3.63, 3.8) is 0 Å². The molecule has 0 aliphatic rings. The molecule has 19 heavy (non-hydrogen) atoms. The second-order valence-corrected chi connectivity index (χ2v) is 4.53. The van der Waals surface area contributed by atoms with Crippen LogP contribution in [0.25, 0.3) is 0 Å². The summed E-state index contributed by atoms with van der Waals surface area (Å²) in [5.74, 6) is -0.703. The molecule has 0 saturated heterocycles. The van der Waals surface area contributed by atoms with Gasteiger partial charge >= 0.3 is 0 Å². The quantitative estimate of drug-likeness (QED) is 0.824. The summed E-state index contributed by atoms with van der Waals surface area (Å²) in [5.41, 5.74) is 7.21. The number of para-hydroxylation sites is 1. The Kier molecular flexibility index (Phi) is 3.71. The molecule has 0 saturated carbocycles. The molecule has 0 aromatic heterocycles. The average molecular weight is 279 g/mol. The first kappa shape index (κ1) is 13.4. The number of halogens is 2.